The molecule has 2 aromatic heterocycles. The van der Waals surface area contributed by atoms with E-state index >= 15 is 0 Å². The number of hydrogen-bond acceptors (Lipinski definition) is 3. The van der Waals surface area contributed by atoms with E-state index in [9.17, 15) is 4.79 Å². The lowest BCUT2D eigenvalue weighted by Crippen LogP contribution is -2.04. The van der Waals surface area contributed by atoms with Gasteiger partial charge in [-0.15, -0.1) is 0 Å². The Morgan fingerprint density at radius 1 is 1.50 bits per heavy atom. The summed E-state index contributed by atoms with van der Waals surface area (Å²) in [5, 5.41) is 0.542. The molecule has 2 aromatic rings. The molecule has 0 atom stereocenters. The van der Waals surface area contributed by atoms with Gasteiger partial charge < -0.3 is 9.72 Å². The van der Waals surface area contributed by atoms with Crippen molar-refractivity contribution in [2.45, 2.75) is 0 Å². The van der Waals surface area contributed by atoms with Crippen LogP contribution in [0.4, 0.5) is 0 Å². The summed E-state index contributed by atoms with van der Waals surface area (Å²) in [5.41, 5.74) is 0.450. The van der Waals surface area contributed by atoms with E-state index in [0.717, 1.165) is 0 Å². The molecule has 0 unspecified atom stereocenters. The highest BCUT2D eigenvalue weighted by Crippen LogP contribution is 2.13. The van der Waals surface area contributed by atoms with Crippen LogP contribution in [0.1, 0.15) is 0 Å². The lowest BCUT2D eigenvalue weighted by atomic mass is 10.3. The number of rotatable bonds is 1. The van der Waals surface area contributed by atoms with Crippen molar-refractivity contribution in [1.82, 2.24) is 9.97 Å². The van der Waals surface area contributed by atoms with Gasteiger partial charge in [0.25, 0.3) is 0 Å². The van der Waals surface area contributed by atoms with Crippen LogP contribution in [0.5, 0.6) is 5.88 Å². The predicted molar refractivity (Wildman–Crippen MR) is 56.6 cm³/mol. The van der Waals surface area contributed by atoms with Gasteiger partial charge in [0.1, 0.15) is 5.65 Å². The van der Waals surface area contributed by atoms with Crippen molar-refractivity contribution >= 4 is 27.0 Å². The molecule has 72 valence electrons. The standard InChI is InChI=1S/C9H7BrN2O2/c1-14-7-3-2-5-8(13)6(10)4-11-9(5)12-7/h2-4H,1H3,(H,11,12,13). The molecular formula is C9H7BrN2O2. The molecule has 5 heteroatoms. The number of aromatic nitrogens is 2. The second kappa shape index (κ2) is 3.42. The first kappa shape index (κ1) is 9.21. The minimum absolute atomic E-state index is 0.0751. The van der Waals surface area contributed by atoms with Gasteiger partial charge in [-0.25, -0.2) is 0 Å². The zero-order valence-electron chi connectivity index (χ0n) is 7.37. The van der Waals surface area contributed by atoms with E-state index in [0.29, 0.717) is 21.4 Å². The zero-order valence-corrected chi connectivity index (χ0v) is 8.96. The number of aromatic amines is 1. The molecule has 2 heterocycles. The molecule has 2 rings (SSSR count). The SMILES string of the molecule is COc1ccc2c(=O)c(Br)c[nH]c2n1. The number of ether oxygens (including phenoxy) is 1. The fraction of sp³-hybridized carbons (Fsp3) is 0.111. The molecule has 0 aliphatic rings. The number of H-pyrrole nitrogens is 1. The van der Waals surface area contributed by atoms with Crippen molar-refractivity contribution in [1.29, 1.82) is 0 Å². The summed E-state index contributed by atoms with van der Waals surface area (Å²) >= 11 is 3.15. The Bertz CT molecular complexity index is 536. The van der Waals surface area contributed by atoms with Crippen LogP contribution in [-0.4, -0.2) is 17.1 Å². The van der Waals surface area contributed by atoms with Gasteiger partial charge in [-0.3, -0.25) is 4.79 Å². The summed E-state index contributed by atoms with van der Waals surface area (Å²) in [6.45, 7) is 0. The van der Waals surface area contributed by atoms with E-state index in [2.05, 4.69) is 25.9 Å². The summed E-state index contributed by atoms with van der Waals surface area (Å²) < 4.78 is 5.44. The Balaban J connectivity index is 2.81. The molecule has 0 fully saturated rings. The van der Waals surface area contributed by atoms with E-state index in [-0.39, 0.29) is 5.43 Å². The highest BCUT2D eigenvalue weighted by molar-refractivity contribution is 9.10. The van der Waals surface area contributed by atoms with Crippen molar-refractivity contribution < 1.29 is 4.74 Å². The molecule has 0 spiro atoms. The van der Waals surface area contributed by atoms with E-state index in [1.807, 2.05) is 0 Å². The van der Waals surface area contributed by atoms with Crippen LogP contribution >= 0.6 is 15.9 Å². The van der Waals surface area contributed by atoms with Crippen molar-refractivity contribution in [3.63, 3.8) is 0 Å². The minimum atomic E-state index is -0.0751. The fourth-order valence-electron chi connectivity index (χ4n) is 1.17. The van der Waals surface area contributed by atoms with Crippen LogP contribution in [0, 0.1) is 0 Å². The first-order valence-electron chi connectivity index (χ1n) is 3.94. The number of hydrogen-bond donors (Lipinski definition) is 1. The van der Waals surface area contributed by atoms with Gasteiger partial charge in [0.15, 0.2) is 0 Å². The Morgan fingerprint density at radius 3 is 3.00 bits per heavy atom. The maximum atomic E-state index is 11.6. The number of pyridine rings is 2. The van der Waals surface area contributed by atoms with Gasteiger partial charge in [0.2, 0.25) is 11.3 Å². The molecule has 4 nitrogen and oxygen atoms in total. The van der Waals surface area contributed by atoms with Gasteiger partial charge in [0, 0.05) is 12.3 Å². The molecule has 0 saturated carbocycles. The van der Waals surface area contributed by atoms with E-state index in [4.69, 9.17) is 4.74 Å². The summed E-state index contributed by atoms with van der Waals surface area (Å²) in [7, 11) is 1.53. The number of halogens is 1. The van der Waals surface area contributed by atoms with Crippen molar-refractivity contribution in [3.05, 3.63) is 33.0 Å². The number of fused-ring (bicyclic) bond motifs is 1. The second-order valence-electron chi connectivity index (χ2n) is 2.72. The van der Waals surface area contributed by atoms with E-state index in [1.54, 1.807) is 18.3 Å². The van der Waals surface area contributed by atoms with Crippen LogP contribution in [0.25, 0.3) is 11.0 Å². The maximum absolute atomic E-state index is 11.6. The molecule has 1 N–H and O–H groups in total. The number of nitrogens with zero attached hydrogens (tertiary/aromatic N) is 1. The molecule has 0 aliphatic carbocycles. The summed E-state index contributed by atoms with van der Waals surface area (Å²) in [6, 6.07) is 3.34. The van der Waals surface area contributed by atoms with Crippen LogP contribution in [-0.2, 0) is 0 Å². The third kappa shape index (κ3) is 1.39. The summed E-state index contributed by atoms with van der Waals surface area (Å²) in [5.74, 6) is 0.482. The first-order chi connectivity index (χ1) is 6.72. The topological polar surface area (TPSA) is 55.0 Å². The molecule has 0 bridgehead atoms. The van der Waals surface area contributed by atoms with Gasteiger partial charge in [-0.05, 0) is 22.0 Å². The third-order valence-corrected chi connectivity index (χ3v) is 2.47. The molecule has 0 aliphatic heterocycles. The average Bonchev–Trinajstić information content (AvgIpc) is 2.23. The van der Waals surface area contributed by atoms with Crippen molar-refractivity contribution in [2.24, 2.45) is 0 Å². The van der Waals surface area contributed by atoms with Gasteiger partial charge in [0.05, 0.1) is 17.0 Å². The molecule has 0 saturated heterocycles. The largest absolute Gasteiger partial charge is 0.481 e. The van der Waals surface area contributed by atoms with Crippen molar-refractivity contribution in [2.75, 3.05) is 7.11 Å². The number of methoxy groups -OCH3 is 1. The first-order valence-corrected chi connectivity index (χ1v) is 4.73. The summed E-state index contributed by atoms with van der Waals surface area (Å²) in [4.78, 5) is 18.6. The van der Waals surface area contributed by atoms with Crippen LogP contribution in [0.15, 0.2) is 27.6 Å². The second-order valence-corrected chi connectivity index (χ2v) is 3.57. The lowest BCUT2D eigenvalue weighted by Gasteiger charge is -2.00. The Hall–Kier alpha value is -1.36. The molecular weight excluding hydrogens is 248 g/mol. The van der Waals surface area contributed by atoms with E-state index < -0.39 is 0 Å². The highest BCUT2D eigenvalue weighted by Gasteiger charge is 2.04. The molecule has 0 radical (unpaired) electrons. The van der Waals surface area contributed by atoms with Crippen LogP contribution < -0.4 is 10.2 Å². The van der Waals surface area contributed by atoms with Crippen molar-refractivity contribution in [3.8, 4) is 5.88 Å². The predicted octanol–water partition coefficient (Wildman–Crippen LogP) is 1.69. The third-order valence-electron chi connectivity index (χ3n) is 1.88. The normalized spacial score (nSPS) is 10.4. The van der Waals surface area contributed by atoms with Gasteiger partial charge in [-0.2, -0.15) is 4.98 Å². The van der Waals surface area contributed by atoms with Gasteiger partial charge in [-0.1, -0.05) is 0 Å². The molecule has 0 aromatic carbocycles. The summed E-state index contributed by atoms with van der Waals surface area (Å²) in [6.07, 6.45) is 1.57. The highest BCUT2D eigenvalue weighted by atomic mass is 79.9. The van der Waals surface area contributed by atoms with E-state index in [1.165, 1.54) is 7.11 Å². The molecule has 14 heavy (non-hydrogen) atoms. The van der Waals surface area contributed by atoms with Crippen LogP contribution in [0.3, 0.4) is 0 Å². The smallest absolute Gasteiger partial charge is 0.214 e. The Labute approximate surface area is 88.1 Å². The fourth-order valence-corrected chi connectivity index (χ4v) is 1.50. The monoisotopic (exact) mass is 254 g/mol. The van der Waals surface area contributed by atoms with Gasteiger partial charge >= 0.3 is 0 Å². The zero-order chi connectivity index (χ0) is 10.1. The maximum Gasteiger partial charge on any atom is 0.214 e. The quantitative estimate of drug-likeness (QED) is 0.843. The minimum Gasteiger partial charge on any atom is -0.481 e. The van der Waals surface area contributed by atoms with Crippen LogP contribution in [0.2, 0.25) is 0 Å². The Morgan fingerprint density at radius 2 is 2.29 bits per heavy atom. The molecule has 0 amide bonds. The average molecular weight is 255 g/mol. The Kier molecular flexibility index (Phi) is 2.25. The number of nitrogens with one attached hydrogen (secondary N) is 1. The lowest BCUT2D eigenvalue weighted by molar-refractivity contribution is 0.399.